The lowest BCUT2D eigenvalue weighted by Gasteiger charge is -2.33. The first-order chi connectivity index (χ1) is 15.7. The third-order valence-corrected chi connectivity index (χ3v) is 6.07. The number of nitrogens with zero attached hydrogens (tertiary/aromatic N) is 1. The number of benzene rings is 3. The summed E-state index contributed by atoms with van der Waals surface area (Å²) in [6.07, 6.45) is 1.47. The summed E-state index contributed by atoms with van der Waals surface area (Å²) in [5.41, 5.74) is 2.97. The second-order valence-corrected chi connectivity index (χ2v) is 8.06. The summed E-state index contributed by atoms with van der Waals surface area (Å²) >= 11 is 0. The molecule has 2 aliphatic rings. The van der Waals surface area contributed by atoms with Crippen LogP contribution in [0, 0.1) is 0 Å². The van der Waals surface area contributed by atoms with Gasteiger partial charge in [-0.15, -0.1) is 0 Å². The zero-order valence-electron chi connectivity index (χ0n) is 17.6. The van der Waals surface area contributed by atoms with Crippen molar-refractivity contribution in [2.75, 3.05) is 13.3 Å². The highest BCUT2D eigenvalue weighted by Gasteiger charge is 2.38. The van der Waals surface area contributed by atoms with Crippen LogP contribution in [0.5, 0.6) is 17.2 Å². The minimum absolute atomic E-state index is 0.196. The fraction of sp³-hybridized carbons (Fsp3) is 0.269. The van der Waals surface area contributed by atoms with Crippen molar-refractivity contribution in [3.05, 3.63) is 89.5 Å². The molecule has 6 nitrogen and oxygen atoms in total. The number of fused-ring (bicyclic) bond motifs is 1. The molecule has 3 aromatic carbocycles. The lowest BCUT2D eigenvalue weighted by atomic mass is 9.95. The largest absolute Gasteiger partial charge is 0.489 e. The number of hydrogen-bond acceptors (Lipinski definition) is 5. The van der Waals surface area contributed by atoms with Gasteiger partial charge in [0, 0.05) is 12.1 Å². The average Bonchev–Trinajstić information content (AvgIpc) is 3.49. The van der Waals surface area contributed by atoms with Crippen LogP contribution in [0.3, 0.4) is 0 Å². The number of hydrogen-bond donors (Lipinski definition) is 1. The van der Waals surface area contributed by atoms with Gasteiger partial charge in [-0.1, -0.05) is 54.6 Å². The van der Waals surface area contributed by atoms with Gasteiger partial charge in [0.1, 0.15) is 18.4 Å². The summed E-state index contributed by atoms with van der Waals surface area (Å²) in [6.45, 7) is 1.33. The van der Waals surface area contributed by atoms with Gasteiger partial charge in [-0.3, -0.25) is 9.69 Å². The number of likely N-dealkylation sites (tertiary alicyclic amines) is 1. The van der Waals surface area contributed by atoms with Crippen LogP contribution in [-0.2, 0) is 11.4 Å². The summed E-state index contributed by atoms with van der Waals surface area (Å²) < 4.78 is 17.3. The first-order valence-corrected chi connectivity index (χ1v) is 10.8. The molecule has 0 amide bonds. The molecule has 0 aromatic heterocycles. The molecule has 2 unspecified atom stereocenters. The number of carboxylic acid groups (broad SMARTS) is 1. The molecule has 0 radical (unpaired) electrons. The molecule has 0 aliphatic carbocycles. The SMILES string of the molecule is O=C(O)C1CCCN1C(c1ccc2c(c1)OCO2)c1ccccc1OCc1ccccc1. The first kappa shape index (κ1) is 20.4. The predicted octanol–water partition coefficient (Wildman–Crippen LogP) is 4.63. The van der Waals surface area contributed by atoms with Gasteiger partial charge in [-0.25, -0.2) is 0 Å². The van der Waals surface area contributed by atoms with E-state index in [1.807, 2.05) is 72.8 Å². The van der Waals surface area contributed by atoms with Gasteiger partial charge in [-0.2, -0.15) is 0 Å². The first-order valence-electron chi connectivity index (χ1n) is 10.8. The van der Waals surface area contributed by atoms with Crippen LogP contribution < -0.4 is 14.2 Å². The van der Waals surface area contributed by atoms with Crippen molar-refractivity contribution in [1.29, 1.82) is 0 Å². The molecule has 0 bridgehead atoms. The van der Waals surface area contributed by atoms with Crippen LogP contribution in [0.1, 0.15) is 35.6 Å². The molecule has 6 heteroatoms. The molecule has 1 N–H and O–H groups in total. The van der Waals surface area contributed by atoms with Gasteiger partial charge >= 0.3 is 5.97 Å². The predicted molar refractivity (Wildman–Crippen MR) is 119 cm³/mol. The molecule has 1 saturated heterocycles. The fourth-order valence-corrected chi connectivity index (χ4v) is 4.57. The number of ether oxygens (including phenoxy) is 3. The Bertz CT molecular complexity index is 1100. The summed E-state index contributed by atoms with van der Waals surface area (Å²) in [4.78, 5) is 14.1. The standard InChI is InChI=1S/C26H25NO5/c28-26(29)21-10-6-14-27(21)25(19-12-13-23-24(15-19)32-17-31-23)20-9-4-5-11-22(20)30-16-18-7-2-1-3-8-18/h1-5,7-9,11-13,15,21,25H,6,10,14,16-17H2,(H,28,29). The number of para-hydroxylation sites is 1. The van der Waals surface area contributed by atoms with Crippen molar-refractivity contribution in [2.45, 2.75) is 31.5 Å². The molecule has 1 fully saturated rings. The van der Waals surface area contributed by atoms with Crippen molar-refractivity contribution in [3.63, 3.8) is 0 Å². The lowest BCUT2D eigenvalue weighted by molar-refractivity contribution is -0.142. The molecule has 2 aliphatic heterocycles. The Hall–Kier alpha value is -3.51. The molecule has 32 heavy (non-hydrogen) atoms. The van der Waals surface area contributed by atoms with Crippen LogP contribution in [0.4, 0.5) is 0 Å². The highest BCUT2D eigenvalue weighted by Crippen LogP contribution is 2.42. The quantitative estimate of drug-likeness (QED) is 0.588. The van der Waals surface area contributed by atoms with E-state index in [4.69, 9.17) is 14.2 Å². The van der Waals surface area contributed by atoms with Crippen LogP contribution in [0.25, 0.3) is 0 Å². The second-order valence-electron chi connectivity index (χ2n) is 8.06. The topological polar surface area (TPSA) is 68.2 Å². The maximum Gasteiger partial charge on any atom is 0.320 e. The fourth-order valence-electron chi connectivity index (χ4n) is 4.57. The second kappa shape index (κ2) is 8.93. The molecule has 2 atom stereocenters. The van der Waals surface area contributed by atoms with Crippen molar-refractivity contribution < 1.29 is 24.1 Å². The van der Waals surface area contributed by atoms with Gasteiger partial charge < -0.3 is 19.3 Å². The van der Waals surface area contributed by atoms with E-state index in [1.165, 1.54) is 0 Å². The van der Waals surface area contributed by atoms with Gasteiger partial charge in [0.05, 0.1) is 6.04 Å². The Kier molecular flexibility index (Phi) is 5.69. The van der Waals surface area contributed by atoms with Crippen molar-refractivity contribution in [1.82, 2.24) is 4.90 Å². The third kappa shape index (κ3) is 4.01. The summed E-state index contributed by atoms with van der Waals surface area (Å²) in [7, 11) is 0. The minimum atomic E-state index is -0.795. The number of carbonyl (C=O) groups is 1. The van der Waals surface area contributed by atoms with E-state index in [2.05, 4.69) is 4.90 Å². The maximum atomic E-state index is 12.0. The molecular weight excluding hydrogens is 406 g/mol. The smallest absolute Gasteiger partial charge is 0.320 e. The number of carboxylic acids is 1. The highest BCUT2D eigenvalue weighted by molar-refractivity contribution is 5.74. The number of rotatable bonds is 7. The lowest BCUT2D eigenvalue weighted by Crippen LogP contribution is -2.39. The molecular formula is C26H25NO5. The van der Waals surface area contributed by atoms with E-state index in [0.717, 1.165) is 28.9 Å². The molecule has 164 valence electrons. The van der Waals surface area contributed by atoms with Crippen LogP contribution >= 0.6 is 0 Å². The van der Waals surface area contributed by atoms with Crippen molar-refractivity contribution >= 4 is 5.97 Å². The van der Waals surface area contributed by atoms with Crippen LogP contribution in [0.2, 0.25) is 0 Å². The Morgan fingerprint density at radius 3 is 2.66 bits per heavy atom. The van der Waals surface area contributed by atoms with Gasteiger partial charge in [0.2, 0.25) is 6.79 Å². The molecule has 0 saturated carbocycles. The average molecular weight is 431 g/mol. The maximum absolute atomic E-state index is 12.0. The van der Waals surface area contributed by atoms with Crippen molar-refractivity contribution in [3.8, 4) is 17.2 Å². The summed E-state index contributed by atoms with van der Waals surface area (Å²) in [5, 5.41) is 9.88. The highest BCUT2D eigenvalue weighted by atomic mass is 16.7. The van der Waals surface area contributed by atoms with E-state index in [1.54, 1.807) is 0 Å². The third-order valence-electron chi connectivity index (χ3n) is 6.07. The normalized spacial score (nSPS) is 18.4. The Morgan fingerprint density at radius 2 is 1.81 bits per heavy atom. The molecule has 2 heterocycles. The molecule has 3 aromatic rings. The summed E-state index contributed by atoms with van der Waals surface area (Å²) in [6, 6.07) is 22.9. The Balaban J connectivity index is 1.54. The van der Waals surface area contributed by atoms with E-state index in [0.29, 0.717) is 31.1 Å². The van der Waals surface area contributed by atoms with E-state index >= 15 is 0 Å². The monoisotopic (exact) mass is 431 g/mol. The summed E-state index contributed by atoms with van der Waals surface area (Å²) in [5.74, 6) is 1.34. The van der Waals surface area contributed by atoms with Crippen LogP contribution in [-0.4, -0.2) is 35.4 Å². The minimum Gasteiger partial charge on any atom is -0.489 e. The Labute approximate surface area is 187 Å². The van der Waals surface area contributed by atoms with E-state index in [-0.39, 0.29) is 12.8 Å². The zero-order valence-corrected chi connectivity index (χ0v) is 17.6. The van der Waals surface area contributed by atoms with Gasteiger partial charge in [0.25, 0.3) is 0 Å². The molecule has 5 rings (SSSR count). The van der Waals surface area contributed by atoms with Crippen molar-refractivity contribution in [2.24, 2.45) is 0 Å². The van der Waals surface area contributed by atoms with E-state index < -0.39 is 12.0 Å². The molecule has 0 spiro atoms. The van der Waals surface area contributed by atoms with Crippen LogP contribution in [0.15, 0.2) is 72.8 Å². The number of aliphatic carboxylic acids is 1. The zero-order chi connectivity index (χ0) is 21.9. The Morgan fingerprint density at radius 1 is 1.03 bits per heavy atom. The van der Waals surface area contributed by atoms with E-state index in [9.17, 15) is 9.90 Å². The van der Waals surface area contributed by atoms with Gasteiger partial charge in [0.15, 0.2) is 11.5 Å². The van der Waals surface area contributed by atoms with Gasteiger partial charge in [-0.05, 0) is 42.2 Å².